The zero-order chi connectivity index (χ0) is 18.6. The van der Waals surface area contributed by atoms with Crippen molar-refractivity contribution in [1.29, 1.82) is 0 Å². The molecular formula is C17H25F3N2O3. The molecular weight excluding hydrogens is 337 g/mol. The number of carbonyl (C=O) groups excluding carboxylic acids is 2. The van der Waals surface area contributed by atoms with Gasteiger partial charge in [0.15, 0.2) is 0 Å². The Morgan fingerprint density at radius 2 is 1.44 bits per heavy atom. The van der Waals surface area contributed by atoms with Gasteiger partial charge in [-0.25, -0.2) is 4.79 Å². The molecule has 5 nitrogen and oxygen atoms in total. The lowest BCUT2D eigenvalue weighted by Crippen LogP contribution is -2.59. The van der Waals surface area contributed by atoms with Crippen molar-refractivity contribution in [3.05, 3.63) is 0 Å². The molecule has 25 heavy (non-hydrogen) atoms. The first kappa shape index (κ1) is 18.3. The van der Waals surface area contributed by atoms with Gasteiger partial charge in [0, 0.05) is 32.1 Å². The standard InChI is InChI=1S/C17H25F3N2O3/c1-16(2,3)25-15(24)22-6-10-4-5-11(7-22)13(10)14(23)21-8-12(9-21)17(18,19)20/h10-13H,4-9H2,1-3H3. The molecule has 2 aliphatic heterocycles. The highest BCUT2D eigenvalue weighted by atomic mass is 19.4. The van der Waals surface area contributed by atoms with E-state index in [9.17, 15) is 22.8 Å². The van der Waals surface area contributed by atoms with Crippen LogP contribution < -0.4 is 0 Å². The molecule has 1 aliphatic carbocycles. The van der Waals surface area contributed by atoms with Crippen LogP contribution in [0.4, 0.5) is 18.0 Å². The minimum Gasteiger partial charge on any atom is -0.444 e. The van der Waals surface area contributed by atoms with E-state index in [2.05, 4.69) is 0 Å². The third-order valence-corrected chi connectivity index (χ3v) is 5.43. The van der Waals surface area contributed by atoms with Crippen molar-refractivity contribution in [3.63, 3.8) is 0 Å². The summed E-state index contributed by atoms with van der Waals surface area (Å²) in [5, 5.41) is 0. The highest BCUT2D eigenvalue weighted by Gasteiger charge is 2.53. The highest BCUT2D eigenvalue weighted by molar-refractivity contribution is 5.81. The molecule has 0 aromatic carbocycles. The second-order valence-corrected chi connectivity index (χ2v) is 8.49. The molecule has 3 rings (SSSR count). The Kier molecular flexibility index (Phi) is 4.44. The average Bonchev–Trinajstić information content (AvgIpc) is 2.63. The minimum absolute atomic E-state index is 0.0173. The molecule has 2 bridgehead atoms. The van der Waals surface area contributed by atoms with E-state index in [-0.39, 0.29) is 42.8 Å². The van der Waals surface area contributed by atoms with Gasteiger partial charge < -0.3 is 14.5 Å². The number of fused-ring (bicyclic) bond motifs is 2. The van der Waals surface area contributed by atoms with Crippen molar-refractivity contribution < 1.29 is 27.5 Å². The van der Waals surface area contributed by atoms with Gasteiger partial charge >= 0.3 is 12.3 Å². The summed E-state index contributed by atoms with van der Waals surface area (Å²) in [4.78, 5) is 27.9. The summed E-state index contributed by atoms with van der Waals surface area (Å²) in [7, 11) is 0. The Morgan fingerprint density at radius 1 is 0.920 bits per heavy atom. The monoisotopic (exact) mass is 362 g/mol. The molecule has 0 spiro atoms. The van der Waals surface area contributed by atoms with E-state index in [1.807, 2.05) is 0 Å². The van der Waals surface area contributed by atoms with Crippen LogP contribution in [0.15, 0.2) is 0 Å². The van der Waals surface area contributed by atoms with Gasteiger partial charge in [0.1, 0.15) is 5.60 Å². The number of nitrogens with zero attached hydrogens (tertiary/aromatic N) is 2. The number of rotatable bonds is 1. The largest absolute Gasteiger partial charge is 0.444 e. The third kappa shape index (κ3) is 3.72. The zero-order valence-corrected chi connectivity index (χ0v) is 14.8. The zero-order valence-electron chi connectivity index (χ0n) is 14.8. The number of hydrogen-bond donors (Lipinski definition) is 0. The predicted molar refractivity (Wildman–Crippen MR) is 83.6 cm³/mol. The average molecular weight is 362 g/mol. The first-order valence-corrected chi connectivity index (χ1v) is 8.79. The molecule has 142 valence electrons. The van der Waals surface area contributed by atoms with E-state index in [0.717, 1.165) is 12.8 Å². The number of hydrogen-bond acceptors (Lipinski definition) is 3. The molecule has 2 unspecified atom stereocenters. The molecule has 8 heteroatoms. The lowest BCUT2D eigenvalue weighted by Gasteiger charge is -2.45. The van der Waals surface area contributed by atoms with E-state index >= 15 is 0 Å². The Morgan fingerprint density at radius 3 is 1.88 bits per heavy atom. The Labute approximate surface area is 145 Å². The second kappa shape index (κ2) is 6.06. The molecule has 2 atom stereocenters. The minimum atomic E-state index is -4.23. The fourth-order valence-electron chi connectivity index (χ4n) is 4.18. The Bertz CT molecular complexity index is 538. The van der Waals surface area contributed by atoms with E-state index in [1.165, 1.54) is 4.90 Å². The van der Waals surface area contributed by atoms with Crippen LogP contribution in [-0.2, 0) is 9.53 Å². The van der Waals surface area contributed by atoms with Crippen LogP contribution >= 0.6 is 0 Å². The Balaban J connectivity index is 1.58. The van der Waals surface area contributed by atoms with Crippen molar-refractivity contribution in [1.82, 2.24) is 9.80 Å². The predicted octanol–water partition coefficient (Wildman–Crippen LogP) is 2.90. The van der Waals surface area contributed by atoms with Gasteiger partial charge in [-0.15, -0.1) is 0 Å². The van der Waals surface area contributed by atoms with Gasteiger partial charge in [-0.3, -0.25) is 4.79 Å². The van der Waals surface area contributed by atoms with Crippen molar-refractivity contribution in [2.75, 3.05) is 26.2 Å². The van der Waals surface area contributed by atoms with Crippen LogP contribution in [-0.4, -0.2) is 59.8 Å². The molecule has 3 aliphatic rings. The molecule has 2 heterocycles. The summed E-state index contributed by atoms with van der Waals surface area (Å²) in [6, 6.07) is 0. The van der Waals surface area contributed by atoms with Gasteiger partial charge in [-0.05, 0) is 45.4 Å². The summed E-state index contributed by atoms with van der Waals surface area (Å²) >= 11 is 0. The van der Waals surface area contributed by atoms with Gasteiger partial charge in [-0.1, -0.05) is 0 Å². The quantitative estimate of drug-likeness (QED) is 0.721. The first-order valence-electron chi connectivity index (χ1n) is 8.79. The summed E-state index contributed by atoms with van der Waals surface area (Å²) in [5.41, 5.74) is -0.576. The van der Waals surface area contributed by atoms with Gasteiger partial charge in [0.05, 0.1) is 5.92 Å². The molecule has 0 N–H and O–H groups in total. The molecule has 1 saturated carbocycles. The summed E-state index contributed by atoms with van der Waals surface area (Å²) in [6.07, 6.45) is -2.94. The third-order valence-electron chi connectivity index (χ3n) is 5.43. The smallest absolute Gasteiger partial charge is 0.410 e. The number of amides is 2. The van der Waals surface area contributed by atoms with Crippen LogP contribution in [0.5, 0.6) is 0 Å². The van der Waals surface area contributed by atoms with Crippen molar-refractivity contribution in [2.45, 2.75) is 45.4 Å². The maximum absolute atomic E-state index is 12.6. The van der Waals surface area contributed by atoms with Gasteiger partial charge in [-0.2, -0.15) is 13.2 Å². The lowest BCUT2D eigenvalue weighted by atomic mass is 9.82. The van der Waals surface area contributed by atoms with Crippen molar-refractivity contribution in [3.8, 4) is 0 Å². The molecule has 2 amide bonds. The van der Waals surface area contributed by atoms with Crippen LogP contribution in [0.25, 0.3) is 0 Å². The van der Waals surface area contributed by atoms with Crippen LogP contribution in [0.1, 0.15) is 33.6 Å². The maximum atomic E-state index is 12.6. The molecule has 0 radical (unpaired) electrons. The topological polar surface area (TPSA) is 49.9 Å². The highest BCUT2D eigenvalue weighted by Crippen LogP contribution is 2.45. The van der Waals surface area contributed by atoms with Gasteiger partial charge in [0.2, 0.25) is 5.91 Å². The number of likely N-dealkylation sites (tertiary alicyclic amines) is 2. The second-order valence-electron chi connectivity index (χ2n) is 8.49. The SMILES string of the molecule is CC(C)(C)OC(=O)N1CC2CCC(C1)C2C(=O)N1CC(C(F)(F)F)C1. The number of alkyl halides is 3. The molecule has 3 fully saturated rings. The first-order chi connectivity index (χ1) is 11.5. The van der Waals surface area contributed by atoms with E-state index in [4.69, 9.17) is 4.74 Å². The fourth-order valence-corrected chi connectivity index (χ4v) is 4.18. The fraction of sp³-hybridized carbons (Fsp3) is 0.882. The molecule has 2 saturated heterocycles. The summed E-state index contributed by atoms with van der Waals surface area (Å²) in [5.74, 6) is -1.78. The van der Waals surface area contributed by atoms with Crippen molar-refractivity contribution in [2.24, 2.45) is 23.7 Å². The number of piperidine rings is 1. The normalized spacial score (nSPS) is 30.2. The lowest BCUT2D eigenvalue weighted by molar-refractivity contribution is -0.211. The number of halogens is 3. The van der Waals surface area contributed by atoms with E-state index in [0.29, 0.717) is 13.1 Å². The van der Waals surface area contributed by atoms with E-state index < -0.39 is 17.7 Å². The van der Waals surface area contributed by atoms with Gasteiger partial charge in [0.25, 0.3) is 0 Å². The summed E-state index contributed by atoms with van der Waals surface area (Å²) < 4.78 is 43.3. The maximum Gasteiger partial charge on any atom is 0.410 e. The summed E-state index contributed by atoms with van der Waals surface area (Å²) in [6.45, 7) is 5.84. The number of carbonyl (C=O) groups is 2. The molecule has 0 aromatic rings. The molecule has 0 aromatic heterocycles. The van der Waals surface area contributed by atoms with Crippen LogP contribution in [0.2, 0.25) is 0 Å². The van der Waals surface area contributed by atoms with E-state index in [1.54, 1.807) is 25.7 Å². The Hall–Kier alpha value is -1.47. The van der Waals surface area contributed by atoms with Crippen molar-refractivity contribution >= 4 is 12.0 Å². The van der Waals surface area contributed by atoms with Crippen LogP contribution in [0, 0.1) is 23.7 Å². The number of ether oxygens (including phenoxy) is 1. The van der Waals surface area contributed by atoms with Crippen LogP contribution in [0.3, 0.4) is 0 Å².